The van der Waals surface area contributed by atoms with Gasteiger partial charge in [0.2, 0.25) is 0 Å². The summed E-state index contributed by atoms with van der Waals surface area (Å²) < 4.78 is 18.0. The van der Waals surface area contributed by atoms with Crippen LogP contribution >= 0.6 is 12.2 Å². The van der Waals surface area contributed by atoms with E-state index in [4.69, 9.17) is 17.0 Å². The molecule has 0 fully saturated rings. The Morgan fingerprint density at radius 3 is 2.62 bits per heavy atom. The molecule has 2 aromatic carbocycles. The van der Waals surface area contributed by atoms with Crippen molar-refractivity contribution in [2.75, 3.05) is 19.5 Å². The van der Waals surface area contributed by atoms with Crippen molar-refractivity contribution in [3.8, 4) is 5.75 Å². The molecule has 0 unspecified atom stereocenters. The normalized spacial score (nSPS) is 10.0. The van der Waals surface area contributed by atoms with E-state index in [0.717, 1.165) is 17.0 Å². The highest BCUT2D eigenvalue weighted by Gasteiger charge is 2.06. The molecular formula is C16H17FN2OS. The molecular weight excluding hydrogens is 287 g/mol. The summed E-state index contributed by atoms with van der Waals surface area (Å²) in [6, 6.07) is 13.9. The first kappa shape index (κ1) is 15.3. The van der Waals surface area contributed by atoms with E-state index in [-0.39, 0.29) is 5.82 Å². The topological polar surface area (TPSA) is 24.5 Å². The maximum absolute atomic E-state index is 12.9. The van der Waals surface area contributed by atoms with Gasteiger partial charge in [-0.2, -0.15) is 0 Å². The molecule has 1 N–H and O–H groups in total. The minimum Gasteiger partial charge on any atom is -0.497 e. The molecule has 5 heteroatoms. The third-order valence-electron chi connectivity index (χ3n) is 3.00. The Labute approximate surface area is 129 Å². The van der Waals surface area contributed by atoms with Crippen LogP contribution in [0.1, 0.15) is 5.56 Å². The van der Waals surface area contributed by atoms with Gasteiger partial charge in [0.15, 0.2) is 5.11 Å². The SMILES string of the molecule is COc1cccc(NC(=S)N(C)Cc2ccc(F)cc2)c1. The summed E-state index contributed by atoms with van der Waals surface area (Å²) in [5, 5.41) is 3.74. The van der Waals surface area contributed by atoms with Gasteiger partial charge in [0.05, 0.1) is 7.11 Å². The number of hydrogen-bond donors (Lipinski definition) is 1. The Kier molecular flexibility index (Phi) is 5.11. The van der Waals surface area contributed by atoms with E-state index in [2.05, 4.69) is 5.32 Å². The number of thiocarbonyl (C=S) groups is 1. The average molecular weight is 304 g/mol. The lowest BCUT2D eigenvalue weighted by Crippen LogP contribution is -2.30. The summed E-state index contributed by atoms with van der Waals surface area (Å²) in [6.07, 6.45) is 0. The van der Waals surface area contributed by atoms with Crippen molar-refractivity contribution in [3.05, 3.63) is 59.9 Å². The third kappa shape index (κ3) is 4.43. The molecule has 0 bridgehead atoms. The van der Waals surface area contributed by atoms with Crippen LogP contribution in [-0.2, 0) is 6.54 Å². The molecule has 0 radical (unpaired) electrons. The molecule has 0 saturated carbocycles. The van der Waals surface area contributed by atoms with Crippen LogP contribution in [0.3, 0.4) is 0 Å². The lowest BCUT2D eigenvalue weighted by Gasteiger charge is -2.21. The summed E-state index contributed by atoms with van der Waals surface area (Å²) in [6.45, 7) is 0.607. The van der Waals surface area contributed by atoms with Gasteiger partial charge in [0.25, 0.3) is 0 Å². The van der Waals surface area contributed by atoms with Crippen LogP contribution in [0.25, 0.3) is 0 Å². The molecule has 0 amide bonds. The quantitative estimate of drug-likeness (QED) is 0.871. The van der Waals surface area contributed by atoms with Crippen LogP contribution in [0.2, 0.25) is 0 Å². The first-order valence-electron chi connectivity index (χ1n) is 6.49. The number of nitrogens with one attached hydrogen (secondary N) is 1. The van der Waals surface area contributed by atoms with Crippen molar-refractivity contribution in [2.45, 2.75) is 6.54 Å². The van der Waals surface area contributed by atoms with E-state index in [9.17, 15) is 4.39 Å². The first-order valence-corrected chi connectivity index (χ1v) is 6.90. The molecule has 0 atom stereocenters. The molecule has 0 spiro atoms. The van der Waals surface area contributed by atoms with Crippen LogP contribution in [-0.4, -0.2) is 24.2 Å². The van der Waals surface area contributed by atoms with Gasteiger partial charge in [-0.15, -0.1) is 0 Å². The molecule has 2 aromatic rings. The summed E-state index contributed by atoms with van der Waals surface area (Å²) in [7, 11) is 3.51. The first-order chi connectivity index (χ1) is 10.1. The molecule has 0 aliphatic heterocycles. The average Bonchev–Trinajstić information content (AvgIpc) is 2.49. The zero-order chi connectivity index (χ0) is 15.2. The van der Waals surface area contributed by atoms with Gasteiger partial charge in [0.1, 0.15) is 11.6 Å². The fourth-order valence-electron chi connectivity index (χ4n) is 1.86. The summed E-state index contributed by atoms with van der Waals surface area (Å²) in [5.41, 5.74) is 1.86. The van der Waals surface area contributed by atoms with Crippen molar-refractivity contribution in [2.24, 2.45) is 0 Å². The van der Waals surface area contributed by atoms with E-state index in [1.54, 1.807) is 19.2 Å². The Morgan fingerprint density at radius 2 is 1.95 bits per heavy atom. The van der Waals surface area contributed by atoms with Gasteiger partial charge in [-0.3, -0.25) is 0 Å². The number of anilines is 1. The monoisotopic (exact) mass is 304 g/mol. The van der Waals surface area contributed by atoms with Crippen molar-refractivity contribution >= 4 is 23.0 Å². The minimum absolute atomic E-state index is 0.238. The maximum Gasteiger partial charge on any atom is 0.173 e. The Morgan fingerprint density at radius 1 is 1.24 bits per heavy atom. The second kappa shape index (κ2) is 7.04. The number of nitrogens with zero attached hydrogens (tertiary/aromatic N) is 1. The lowest BCUT2D eigenvalue weighted by molar-refractivity contribution is 0.415. The third-order valence-corrected chi connectivity index (χ3v) is 3.41. The number of halogens is 1. The van der Waals surface area contributed by atoms with Crippen molar-refractivity contribution in [1.29, 1.82) is 0 Å². The zero-order valence-corrected chi connectivity index (χ0v) is 12.8. The summed E-state index contributed by atoms with van der Waals surface area (Å²) in [5.74, 6) is 0.530. The number of benzene rings is 2. The highest BCUT2D eigenvalue weighted by Crippen LogP contribution is 2.17. The van der Waals surface area contributed by atoms with Crippen LogP contribution in [0.5, 0.6) is 5.75 Å². The largest absolute Gasteiger partial charge is 0.497 e. The number of rotatable bonds is 4. The van der Waals surface area contributed by atoms with Gasteiger partial charge in [-0.1, -0.05) is 18.2 Å². The minimum atomic E-state index is -0.238. The maximum atomic E-state index is 12.9. The fraction of sp³-hybridized carbons (Fsp3) is 0.188. The van der Waals surface area contributed by atoms with E-state index < -0.39 is 0 Å². The van der Waals surface area contributed by atoms with Gasteiger partial charge < -0.3 is 15.0 Å². The molecule has 3 nitrogen and oxygen atoms in total. The van der Waals surface area contributed by atoms with Gasteiger partial charge >= 0.3 is 0 Å². The fourth-order valence-corrected chi connectivity index (χ4v) is 2.04. The van der Waals surface area contributed by atoms with Crippen LogP contribution < -0.4 is 10.1 Å². The predicted octanol–water partition coefficient (Wildman–Crippen LogP) is 3.66. The molecule has 0 saturated heterocycles. The molecule has 2 rings (SSSR count). The second-order valence-corrected chi connectivity index (χ2v) is 5.03. The molecule has 0 aromatic heterocycles. The highest BCUT2D eigenvalue weighted by molar-refractivity contribution is 7.80. The zero-order valence-electron chi connectivity index (χ0n) is 12.0. The van der Waals surface area contributed by atoms with Crippen molar-refractivity contribution in [1.82, 2.24) is 4.90 Å². The van der Waals surface area contributed by atoms with E-state index in [0.29, 0.717) is 11.7 Å². The van der Waals surface area contributed by atoms with Gasteiger partial charge in [0, 0.05) is 25.3 Å². The Hall–Kier alpha value is -2.14. The molecule has 21 heavy (non-hydrogen) atoms. The van der Waals surface area contributed by atoms with Gasteiger partial charge in [-0.05, 0) is 42.0 Å². The summed E-state index contributed by atoms with van der Waals surface area (Å²) >= 11 is 5.36. The summed E-state index contributed by atoms with van der Waals surface area (Å²) in [4.78, 5) is 1.89. The van der Waals surface area contributed by atoms with Crippen LogP contribution in [0.4, 0.5) is 10.1 Å². The van der Waals surface area contributed by atoms with Crippen molar-refractivity contribution < 1.29 is 9.13 Å². The lowest BCUT2D eigenvalue weighted by atomic mass is 10.2. The standard InChI is InChI=1S/C16H17FN2OS/c1-19(11-12-6-8-13(17)9-7-12)16(21)18-14-4-3-5-15(10-14)20-2/h3-10H,11H2,1-2H3,(H,18,21). The Bertz CT molecular complexity index is 616. The predicted molar refractivity (Wildman–Crippen MR) is 87.1 cm³/mol. The van der Waals surface area contributed by atoms with E-state index >= 15 is 0 Å². The van der Waals surface area contributed by atoms with E-state index in [1.807, 2.05) is 36.2 Å². The smallest absolute Gasteiger partial charge is 0.173 e. The van der Waals surface area contributed by atoms with E-state index in [1.165, 1.54) is 12.1 Å². The second-order valence-electron chi connectivity index (χ2n) is 4.64. The Balaban J connectivity index is 1.97. The van der Waals surface area contributed by atoms with Crippen LogP contribution in [0.15, 0.2) is 48.5 Å². The number of ether oxygens (including phenoxy) is 1. The van der Waals surface area contributed by atoms with Crippen molar-refractivity contribution in [3.63, 3.8) is 0 Å². The molecule has 110 valence electrons. The molecule has 0 aliphatic carbocycles. The molecule has 0 heterocycles. The van der Waals surface area contributed by atoms with Crippen LogP contribution in [0, 0.1) is 5.82 Å². The molecule has 0 aliphatic rings. The number of methoxy groups -OCH3 is 1. The number of hydrogen-bond acceptors (Lipinski definition) is 2. The van der Waals surface area contributed by atoms with Gasteiger partial charge in [-0.25, -0.2) is 4.39 Å². The highest BCUT2D eigenvalue weighted by atomic mass is 32.1.